The van der Waals surface area contributed by atoms with E-state index in [4.69, 9.17) is 4.74 Å². The summed E-state index contributed by atoms with van der Waals surface area (Å²) in [7, 11) is 0. The van der Waals surface area contributed by atoms with Gasteiger partial charge in [-0.25, -0.2) is 4.79 Å². The minimum atomic E-state index is -0.481. The van der Waals surface area contributed by atoms with E-state index in [-0.39, 0.29) is 6.04 Å². The standard InChI is InChI=1S/C8H15N2O3/c1-8(2,3)13-7(11)9-6-4-10(12)5-6/h6H,4-5H2,1-3H3,(H,9,11)/q-1. The van der Waals surface area contributed by atoms with Crippen LogP contribution >= 0.6 is 0 Å². The lowest BCUT2D eigenvalue weighted by atomic mass is 10.2. The molecule has 0 aromatic heterocycles. The van der Waals surface area contributed by atoms with Crippen molar-refractivity contribution in [3.05, 3.63) is 5.21 Å². The van der Waals surface area contributed by atoms with Crippen molar-refractivity contribution in [2.24, 2.45) is 0 Å². The topological polar surface area (TPSA) is 64.6 Å². The predicted molar refractivity (Wildman–Crippen MR) is 48.1 cm³/mol. The number of ether oxygens (including phenoxy) is 1. The molecule has 0 saturated carbocycles. The van der Waals surface area contributed by atoms with Crippen molar-refractivity contribution in [1.82, 2.24) is 10.4 Å². The van der Waals surface area contributed by atoms with Gasteiger partial charge in [0.25, 0.3) is 0 Å². The molecular formula is C8H15N2O3-. The van der Waals surface area contributed by atoms with Gasteiger partial charge in [0.15, 0.2) is 0 Å². The van der Waals surface area contributed by atoms with Crippen LogP contribution < -0.4 is 5.32 Å². The molecule has 0 aliphatic carbocycles. The first-order valence-corrected chi connectivity index (χ1v) is 4.28. The van der Waals surface area contributed by atoms with E-state index in [1.54, 1.807) is 20.8 Å². The molecule has 1 aliphatic heterocycles. The van der Waals surface area contributed by atoms with Crippen LogP contribution in [-0.4, -0.2) is 35.9 Å². The zero-order chi connectivity index (χ0) is 10.1. The SMILES string of the molecule is CC(C)(C)OC(=O)NC1CN([O-])C1. The Morgan fingerprint density at radius 3 is 2.46 bits per heavy atom. The number of amides is 1. The average Bonchev–Trinajstić information content (AvgIpc) is 1.79. The van der Waals surface area contributed by atoms with Gasteiger partial charge in [-0.3, -0.25) is 0 Å². The highest BCUT2D eigenvalue weighted by molar-refractivity contribution is 5.68. The van der Waals surface area contributed by atoms with Gasteiger partial charge in [-0.2, -0.15) is 0 Å². The monoisotopic (exact) mass is 187 g/mol. The quantitative estimate of drug-likeness (QED) is 0.656. The highest BCUT2D eigenvalue weighted by Gasteiger charge is 2.24. The van der Waals surface area contributed by atoms with Gasteiger partial charge in [0.1, 0.15) is 5.60 Å². The maximum absolute atomic E-state index is 11.1. The summed E-state index contributed by atoms with van der Waals surface area (Å²) in [5.41, 5.74) is -0.481. The molecule has 5 nitrogen and oxygen atoms in total. The van der Waals surface area contributed by atoms with Crippen LogP contribution in [-0.2, 0) is 4.74 Å². The van der Waals surface area contributed by atoms with Crippen LogP contribution in [0, 0.1) is 5.21 Å². The molecule has 0 aromatic carbocycles. The fourth-order valence-electron chi connectivity index (χ4n) is 1.00. The molecular weight excluding hydrogens is 172 g/mol. The summed E-state index contributed by atoms with van der Waals surface area (Å²) in [4.78, 5) is 11.1. The number of carbonyl (C=O) groups excluding carboxylic acids is 1. The van der Waals surface area contributed by atoms with Crippen LogP contribution in [0.3, 0.4) is 0 Å². The van der Waals surface area contributed by atoms with Gasteiger partial charge < -0.3 is 20.3 Å². The van der Waals surface area contributed by atoms with E-state index in [2.05, 4.69) is 5.32 Å². The molecule has 1 rings (SSSR count). The molecule has 0 unspecified atom stereocenters. The molecule has 1 amide bonds. The molecule has 0 radical (unpaired) electrons. The predicted octanol–water partition coefficient (Wildman–Crippen LogP) is 0.693. The smallest absolute Gasteiger partial charge is 0.407 e. The number of carbonyl (C=O) groups is 1. The van der Waals surface area contributed by atoms with Gasteiger partial charge >= 0.3 is 6.09 Å². The third-order valence-electron chi connectivity index (χ3n) is 1.57. The lowest BCUT2D eigenvalue weighted by Gasteiger charge is -2.44. The largest absolute Gasteiger partial charge is 0.785 e. The van der Waals surface area contributed by atoms with Crippen molar-refractivity contribution in [2.75, 3.05) is 13.1 Å². The summed E-state index contributed by atoms with van der Waals surface area (Å²) >= 11 is 0. The van der Waals surface area contributed by atoms with Gasteiger partial charge in [-0.15, -0.1) is 0 Å². The normalized spacial score (nSPS) is 19.4. The molecule has 0 aromatic rings. The summed E-state index contributed by atoms with van der Waals surface area (Å²) in [5, 5.41) is 14.0. The minimum absolute atomic E-state index is 0.0488. The molecule has 0 atom stereocenters. The summed E-state index contributed by atoms with van der Waals surface area (Å²) in [6, 6.07) is -0.0488. The summed E-state index contributed by atoms with van der Waals surface area (Å²) in [6.45, 7) is 6.12. The zero-order valence-electron chi connectivity index (χ0n) is 8.16. The number of nitrogens with zero attached hydrogens (tertiary/aromatic N) is 1. The maximum Gasteiger partial charge on any atom is 0.407 e. The highest BCUT2D eigenvalue weighted by atomic mass is 16.6. The Balaban J connectivity index is 2.19. The van der Waals surface area contributed by atoms with Crippen molar-refractivity contribution < 1.29 is 9.53 Å². The summed E-state index contributed by atoms with van der Waals surface area (Å²) in [5.74, 6) is 0. The van der Waals surface area contributed by atoms with Crippen molar-refractivity contribution in [3.63, 3.8) is 0 Å². The molecule has 1 saturated heterocycles. The van der Waals surface area contributed by atoms with Gasteiger partial charge in [-0.05, 0) is 20.8 Å². The van der Waals surface area contributed by atoms with Crippen molar-refractivity contribution in [3.8, 4) is 0 Å². The number of alkyl carbamates (subject to hydrolysis) is 1. The first-order chi connectivity index (χ1) is 5.87. The van der Waals surface area contributed by atoms with E-state index in [1.165, 1.54) is 0 Å². The lowest BCUT2D eigenvalue weighted by Crippen LogP contribution is -2.57. The fraction of sp³-hybridized carbons (Fsp3) is 0.875. The molecule has 1 fully saturated rings. The molecule has 1 N–H and O–H groups in total. The number of hydroxylamine groups is 2. The van der Waals surface area contributed by atoms with E-state index < -0.39 is 11.7 Å². The molecule has 5 heteroatoms. The Labute approximate surface area is 77.6 Å². The van der Waals surface area contributed by atoms with Gasteiger partial charge in [0.2, 0.25) is 0 Å². The molecule has 76 valence electrons. The lowest BCUT2D eigenvalue weighted by molar-refractivity contribution is 0.0444. The Morgan fingerprint density at radius 1 is 1.54 bits per heavy atom. The first-order valence-electron chi connectivity index (χ1n) is 4.28. The van der Waals surface area contributed by atoms with E-state index in [1.807, 2.05) is 0 Å². The van der Waals surface area contributed by atoms with Gasteiger partial charge in [0.05, 0.1) is 6.04 Å². The number of rotatable bonds is 1. The summed E-state index contributed by atoms with van der Waals surface area (Å²) < 4.78 is 5.01. The Kier molecular flexibility index (Phi) is 2.77. The van der Waals surface area contributed by atoms with E-state index >= 15 is 0 Å². The molecule has 1 aliphatic rings. The van der Waals surface area contributed by atoms with Crippen LogP contribution in [0.4, 0.5) is 4.79 Å². The maximum atomic E-state index is 11.1. The van der Waals surface area contributed by atoms with Gasteiger partial charge in [0, 0.05) is 13.1 Å². The second-order valence-electron chi connectivity index (χ2n) is 4.19. The third-order valence-corrected chi connectivity index (χ3v) is 1.57. The van der Waals surface area contributed by atoms with Gasteiger partial charge in [-0.1, -0.05) is 0 Å². The number of hydrogen-bond acceptors (Lipinski definition) is 4. The van der Waals surface area contributed by atoms with Crippen LogP contribution in [0.5, 0.6) is 0 Å². The van der Waals surface area contributed by atoms with Crippen LogP contribution in [0.2, 0.25) is 0 Å². The minimum Gasteiger partial charge on any atom is -0.785 e. The molecule has 13 heavy (non-hydrogen) atoms. The number of hydrogen-bond donors (Lipinski definition) is 1. The second-order valence-corrected chi connectivity index (χ2v) is 4.19. The average molecular weight is 187 g/mol. The Morgan fingerprint density at radius 2 is 2.08 bits per heavy atom. The molecule has 0 spiro atoms. The van der Waals surface area contributed by atoms with E-state index in [0.717, 1.165) is 5.06 Å². The first kappa shape index (κ1) is 10.3. The Bertz CT molecular complexity index is 194. The molecule has 1 heterocycles. The third kappa shape index (κ3) is 3.61. The Hall–Kier alpha value is -0.810. The van der Waals surface area contributed by atoms with Crippen molar-refractivity contribution >= 4 is 6.09 Å². The molecule has 0 bridgehead atoms. The van der Waals surface area contributed by atoms with E-state index in [0.29, 0.717) is 13.1 Å². The highest BCUT2D eigenvalue weighted by Crippen LogP contribution is 2.09. The van der Waals surface area contributed by atoms with Crippen LogP contribution in [0.1, 0.15) is 20.8 Å². The number of nitrogens with one attached hydrogen (secondary N) is 1. The fourth-order valence-corrected chi connectivity index (χ4v) is 1.00. The second kappa shape index (κ2) is 3.51. The summed E-state index contributed by atoms with van der Waals surface area (Å²) in [6.07, 6.45) is -0.453. The van der Waals surface area contributed by atoms with Crippen molar-refractivity contribution in [1.29, 1.82) is 0 Å². The van der Waals surface area contributed by atoms with Crippen LogP contribution in [0.15, 0.2) is 0 Å². The zero-order valence-corrected chi connectivity index (χ0v) is 8.16. The van der Waals surface area contributed by atoms with Crippen LogP contribution in [0.25, 0.3) is 0 Å². The van der Waals surface area contributed by atoms with Crippen molar-refractivity contribution in [2.45, 2.75) is 32.4 Å². The van der Waals surface area contributed by atoms with E-state index in [9.17, 15) is 10.0 Å².